The first-order chi connectivity index (χ1) is 11.1. The predicted octanol–water partition coefficient (Wildman–Crippen LogP) is 2.30. The van der Waals surface area contributed by atoms with Gasteiger partial charge in [-0.15, -0.1) is 11.8 Å². The van der Waals surface area contributed by atoms with E-state index in [9.17, 15) is 4.79 Å². The van der Waals surface area contributed by atoms with Crippen LogP contribution in [0.2, 0.25) is 0 Å². The van der Waals surface area contributed by atoms with Crippen molar-refractivity contribution in [3.63, 3.8) is 0 Å². The van der Waals surface area contributed by atoms with E-state index in [-0.39, 0.29) is 11.9 Å². The van der Waals surface area contributed by atoms with Gasteiger partial charge in [-0.1, -0.05) is 42.5 Å². The summed E-state index contributed by atoms with van der Waals surface area (Å²) in [4.78, 5) is 14.6. The first-order valence-electron chi connectivity index (χ1n) is 7.87. The molecule has 0 spiro atoms. The van der Waals surface area contributed by atoms with Crippen LogP contribution in [-0.4, -0.2) is 25.8 Å². The number of carbonyl (C=O) groups excluding carboxylic acids is 1. The van der Waals surface area contributed by atoms with Crippen molar-refractivity contribution in [2.75, 3.05) is 19.8 Å². The SMILES string of the molecule is CSc1ccc(C[NH+](C)CC(=O)N[C@@H](C)c2ccccc2)cc1. The van der Waals surface area contributed by atoms with E-state index in [4.69, 9.17) is 0 Å². The molecule has 0 aliphatic rings. The number of hydrogen-bond acceptors (Lipinski definition) is 2. The minimum atomic E-state index is 0.0392. The minimum Gasteiger partial charge on any atom is -0.345 e. The number of nitrogens with one attached hydrogen (secondary N) is 2. The van der Waals surface area contributed by atoms with Crippen molar-refractivity contribution in [3.8, 4) is 0 Å². The van der Waals surface area contributed by atoms with Crippen molar-refractivity contribution < 1.29 is 9.69 Å². The maximum atomic E-state index is 12.2. The maximum Gasteiger partial charge on any atom is 0.275 e. The number of carbonyl (C=O) groups is 1. The summed E-state index contributed by atoms with van der Waals surface area (Å²) in [7, 11) is 2.05. The van der Waals surface area contributed by atoms with Crippen LogP contribution >= 0.6 is 11.8 Å². The molecule has 0 saturated carbocycles. The standard InChI is InChI=1S/C19H24N2OS/c1-15(17-7-5-4-6-8-17)20-19(22)14-21(2)13-16-9-11-18(23-3)12-10-16/h4-12,15H,13-14H2,1-3H3,(H,20,22)/p+1/t15-/m0/s1. The average Bonchev–Trinajstić information content (AvgIpc) is 2.56. The molecule has 0 fully saturated rings. The zero-order chi connectivity index (χ0) is 16.7. The van der Waals surface area contributed by atoms with Gasteiger partial charge in [-0.2, -0.15) is 0 Å². The summed E-state index contributed by atoms with van der Waals surface area (Å²) in [6.45, 7) is 3.34. The van der Waals surface area contributed by atoms with E-state index in [2.05, 4.69) is 42.9 Å². The molecular formula is C19H25N2OS+. The number of amides is 1. The van der Waals surface area contributed by atoms with Gasteiger partial charge in [0.05, 0.1) is 13.1 Å². The first-order valence-corrected chi connectivity index (χ1v) is 9.09. The number of benzene rings is 2. The van der Waals surface area contributed by atoms with Gasteiger partial charge in [0.25, 0.3) is 5.91 Å². The molecule has 0 aliphatic heterocycles. The molecular weight excluding hydrogens is 304 g/mol. The molecule has 0 aromatic heterocycles. The van der Waals surface area contributed by atoms with Gasteiger partial charge < -0.3 is 10.2 Å². The summed E-state index contributed by atoms with van der Waals surface area (Å²) in [5.41, 5.74) is 2.38. The summed E-state index contributed by atoms with van der Waals surface area (Å²) < 4.78 is 0. The summed E-state index contributed by atoms with van der Waals surface area (Å²) in [6.07, 6.45) is 2.07. The van der Waals surface area contributed by atoms with E-state index < -0.39 is 0 Å². The summed E-state index contributed by atoms with van der Waals surface area (Å²) in [5, 5.41) is 3.07. The van der Waals surface area contributed by atoms with Crippen LogP contribution in [0.15, 0.2) is 59.5 Å². The molecule has 4 heteroatoms. The van der Waals surface area contributed by atoms with Gasteiger partial charge in [0.15, 0.2) is 6.54 Å². The fraction of sp³-hybridized carbons (Fsp3) is 0.316. The molecule has 0 heterocycles. The van der Waals surface area contributed by atoms with Crippen molar-refractivity contribution in [2.24, 2.45) is 0 Å². The number of rotatable bonds is 7. The van der Waals surface area contributed by atoms with Crippen molar-refractivity contribution in [1.29, 1.82) is 0 Å². The normalized spacial score (nSPS) is 13.3. The van der Waals surface area contributed by atoms with Crippen molar-refractivity contribution in [3.05, 3.63) is 65.7 Å². The van der Waals surface area contributed by atoms with Crippen LogP contribution in [-0.2, 0) is 11.3 Å². The van der Waals surface area contributed by atoms with Gasteiger partial charge in [0, 0.05) is 10.5 Å². The number of likely N-dealkylation sites (N-methyl/N-ethyl adjacent to an activating group) is 1. The Morgan fingerprint density at radius 1 is 1.13 bits per heavy atom. The Bertz CT molecular complexity index is 613. The topological polar surface area (TPSA) is 33.5 Å². The number of hydrogen-bond donors (Lipinski definition) is 2. The van der Waals surface area contributed by atoms with E-state index in [0.29, 0.717) is 6.54 Å². The van der Waals surface area contributed by atoms with E-state index in [0.717, 1.165) is 12.1 Å². The fourth-order valence-electron chi connectivity index (χ4n) is 2.55. The van der Waals surface area contributed by atoms with Crippen LogP contribution in [0, 0.1) is 0 Å². The Morgan fingerprint density at radius 2 is 1.78 bits per heavy atom. The zero-order valence-corrected chi connectivity index (χ0v) is 14.8. The molecule has 3 nitrogen and oxygen atoms in total. The van der Waals surface area contributed by atoms with Gasteiger partial charge in [-0.3, -0.25) is 4.79 Å². The molecule has 2 atom stereocenters. The Kier molecular flexibility index (Phi) is 6.68. The average molecular weight is 329 g/mol. The van der Waals surface area contributed by atoms with Crippen LogP contribution in [0.1, 0.15) is 24.1 Å². The lowest BCUT2D eigenvalue weighted by Gasteiger charge is -2.17. The van der Waals surface area contributed by atoms with Gasteiger partial charge in [-0.05, 0) is 30.9 Å². The molecule has 122 valence electrons. The minimum absolute atomic E-state index is 0.0392. The molecule has 0 aliphatic carbocycles. The Morgan fingerprint density at radius 3 is 2.39 bits per heavy atom. The summed E-state index contributed by atoms with van der Waals surface area (Å²) >= 11 is 1.74. The van der Waals surface area contributed by atoms with Gasteiger partial charge >= 0.3 is 0 Å². The molecule has 0 bridgehead atoms. The lowest BCUT2D eigenvalue weighted by molar-refractivity contribution is -0.885. The molecule has 2 aromatic rings. The van der Waals surface area contributed by atoms with Crippen molar-refractivity contribution >= 4 is 17.7 Å². The van der Waals surface area contributed by atoms with Crippen LogP contribution in [0.25, 0.3) is 0 Å². The monoisotopic (exact) mass is 329 g/mol. The quantitative estimate of drug-likeness (QED) is 0.764. The molecule has 23 heavy (non-hydrogen) atoms. The second-order valence-corrected chi connectivity index (χ2v) is 6.74. The Hall–Kier alpha value is -1.78. The molecule has 2 rings (SSSR count). The van der Waals surface area contributed by atoms with E-state index >= 15 is 0 Å². The van der Waals surface area contributed by atoms with Gasteiger partial charge in [0.1, 0.15) is 6.54 Å². The highest BCUT2D eigenvalue weighted by atomic mass is 32.2. The molecule has 1 unspecified atom stereocenters. The third kappa shape index (κ3) is 5.73. The van der Waals surface area contributed by atoms with Crippen molar-refractivity contribution in [2.45, 2.75) is 24.4 Å². The highest BCUT2D eigenvalue weighted by Gasteiger charge is 2.14. The Labute approximate surface area is 143 Å². The maximum absolute atomic E-state index is 12.2. The van der Waals surface area contributed by atoms with E-state index in [1.165, 1.54) is 15.4 Å². The smallest absolute Gasteiger partial charge is 0.275 e. The van der Waals surface area contributed by atoms with Gasteiger partial charge in [0.2, 0.25) is 0 Å². The first kappa shape index (κ1) is 17.6. The summed E-state index contributed by atoms with van der Waals surface area (Å²) in [6, 6.07) is 18.6. The lowest BCUT2D eigenvalue weighted by Crippen LogP contribution is -3.08. The van der Waals surface area contributed by atoms with Crippen LogP contribution < -0.4 is 10.2 Å². The van der Waals surface area contributed by atoms with E-state index in [1.807, 2.05) is 37.3 Å². The van der Waals surface area contributed by atoms with Crippen LogP contribution in [0.5, 0.6) is 0 Å². The highest BCUT2D eigenvalue weighted by Crippen LogP contribution is 2.14. The third-order valence-corrected chi connectivity index (χ3v) is 4.55. The van der Waals surface area contributed by atoms with Crippen LogP contribution in [0.3, 0.4) is 0 Å². The van der Waals surface area contributed by atoms with Crippen LogP contribution in [0.4, 0.5) is 0 Å². The Balaban J connectivity index is 1.82. The molecule has 0 radical (unpaired) electrons. The number of quaternary nitrogens is 1. The van der Waals surface area contributed by atoms with Crippen molar-refractivity contribution in [1.82, 2.24) is 5.32 Å². The molecule has 0 saturated heterocycles. The fourth-order valence-corrected chi connectivity index (χ4v) is 2.95. The van der Waals surface area contributed by atoms with E-state index in [1.54, 1.807) is 11.8 Å². The second kappa shape index (κ2) is 8.75. The molecule has 1 amide bonds. The predicted molar refractivity (Wildman–Crippen MR) is 96.7 cm³/mol. The largest absolute Gasteiger partial charge is 0.345 e. The molecule has 2 N–H and O–H groups in total. The zero-order valence-electron chi connectivity index (χ0n) is 14.0. The summed E-state index contributed by atoms with van der Waals surface area (Å²) in [5.74, 6) is 0.0830. The highest BCUT2D eigenvalue weighted by molar-refractivity contribution is 7.98. The lowest BCUT2D eigenvalue weighted by atomic mass is 10.1. The molecule has 2 aromatic carbocycles. The number of thioether (sulfide) groups is 1. The third-order valence-electron chi connectivity index (χ3n) is 3.80. The second-order valence-electron chi connectivity index (χ2n) is 5.86. The van der Waals surface area contributed by atoms with Gasteiger partial charge in [-0.25, -0.2) is 0 Å².